The van der Waals surface area contributed by atoms with Gasteiger partial charge in [0.2, 0.25) is 0 Å². The molecule has 0 unspecified atom stereocenters. The summed E-state index contributed by atoms with van der Waals surface area (Å²) in [6, 6.07) is 6.27. The molecule has 1 aromatic rings. The standard InChI is InChI=1S/C16H20N2O4/c1-9(2)22-15(19)13-10(3)17-16(20)18-14(13)11-7-5-6-8-12(11)21-4/h5-9,14H,1-4H3,(H2,17,18,20)/t14-/m0/s1. The van der Waals surface area contributed by atoms with E-state index in [4.69, 9.17) is 9.47 Å². The zero-order valence-electron chi connectivity index (χ0n) is 13.1. The molecule has 6 nitrogen and oxygen atoms in total. The van der Waals surface area contributed by atoms with E-state index < -0.39 is 12.0 Å². The summed E-state index contributed by atoms with van der Waals surface area (Å²) in [4.78, 5) is 24.2. The van der Waals surface area contributed by atoms with Gasteiger partial charge >= 0.3 is 12.0 Å². The Balaban J connectivity index is 2.48. The summed E-state index contributed by atoms with van der Waals surface area (Å²) >= 11 is 0. The molecule has 1 atom stereocenters. The highest BCUT2D eigenvalue weighted by Crippen LogP contribution is 2.33. The lowest BCUT2D eigenvalue weighted by atomic mass is 9.95. The van der Waals surface area contributed by atoms with Gasteiger partial charge in [-0.3, -0.25) is 0 Å². The quantitative estimate of drug-likeness (QED) is 0.837. The first kappa shape index (κ1) is 15.9. The zero-order chi connectivity index (χ0) is 16.3. The number of carbonyl (C=O) groups excluding carboxylic acids is 2. The van der Waals surface area contributed by atoms with E-state index in [0.717, 1.165) is 0 Å². The van der Waals surface area contributed by atoms with Gasteiger partial charge in [0.1, 0.15) is 5.75 Å². The molecule has 6 heteroatoms. The van der Waals surface area contributed by atoms with E-state index >= 15 is 0 Å². The third-order valence-electron chi connectivity index (χ3n) is 3.28. The minimum absolute atomic E-state index is 0.247. The maximum atomic E-state index is 12.4. The molecule has 2 rings (SSSR count). The maximum absolute atomic E-state index is 12.4. The lowest BCUT2D eigenvalue weighted by Crippen LogP contribution is -2.45. The Labute approximate surface area is 129 Å². The Morgan fingerprint density at radius 1 is 1.27 bits per heavy atom. The third-order valence-corrected chi connectivity index (χ3v) is 3.28. The summed E-state index contributed by atoms with van der Waals surface area (Å²) in [5.41, 5.74) is 1.55. The smallest absolute Gasteiger partial charge is 0.338 e. The fourth-order valence-electron chi connectivity index (χ4n) is 2.38. The monoisotopic (exact) mass is 304 g/mol. The van der Waals surface area contributed by atoms with Gasteiger partial charge in [-0.2, -0.15) is 0 Å². The van der Waals surface area contributed by atoms with Crippen LogP contribution in [0, 0.1) is 0 Å². The van der Waals surface area contributed by atoms with Crippen LogP contribution in [-0.2, 0) is 9.53 Å². The number of hydrogen-bond donors (Lipinski definition) is 2. The SMILES string of the molecule is COc1ccccc1[C@@H]1NC(=O)NC(C)=C1C(=O)OC(C)C. The van der Waals surface area contributed by atoms with Crippen LogP contribution in [0.4, 0.5) is 4.79 Å². The molecule has 0 saturated carbocycles. The Kier molecular flexibility index (Phi) is 4.70. The van der Waals surface area contributed by atoms with Gasteiger partial charge in [-0.05, 0) is 26.8 Å². The zero-order valence-corrected chi connectivity index (χ0v) is 13.1. The van der Waals surface area contributed by atoms with Crippen LogP contribution in [-0.4, -0.2) is 25.2 Å². The molecule has 0 fully saturated rings. The molecule has 22 heavy (non-hydrogen) atoms. The molecule has 0 radical (unpaired) electrons. The minimum atomic E-state index is -0.615. The fraction of sp³-hybridized carbons (Fsp3) is 0.375. The molecule has 1 aromatic carbocycles. The summed E-state index contributed by atoms with van der Waals surface area (Å²) in [5, 5.41) is 5.36. The van der Waals surface area contributed by atoms with Gasteiger partial charge in [0.15, 0.2) is 0 Å². The van der Waals surface area contributed by atoms with Crippen LogP contribution in [0.25, 0.3) is 0 Å². The molecule has 118 valence electrons. The first-order chi connectivity index (χ1) is 10.4. The Hall–Kier alpha value is -2.50. The van der Waals surface area contributed by atoms with E-state index in [2.05, 4.69) is 10.6 Å². The Morgan fingerprint density at radius 3 is 2.59 bits per heavy atom. The first-order valence-electron chi connectivity index (χ1n) is 7.06. The van der Waals surface area contributed by atoms with Crippen LogP contribution in [0.3, 0.4) is 0 Å². The van der Waals surface area contributed by atoms with Gasteiger partial charge in [-0.25, -0.2) is 9.59 Å². The van der Waals surface area contributed by atoms with Crippen molar-refractivity contribution in [3.63, 3.8) is 0 Å². The molecular formula is C16H20N2O4. The molecule has 0 aromatic heterocycles. The minimum Gasteiger partial charge on any atom is -0.496 e. The maximum Gasteiger partial charge on any atom is 0.338 e. The van der Waals surface area contributed by atoms with Gasteiger partial charge in [0.05, 0.1) is 24.8 Å². The number of carbonyl (C=O) groups is 2. The predicted octanol–water partition coefficient (Wildman–Crippen LogP) is 2.27. The van der Waals surface area contributed by atoms with E-state index in [0.29, 0.717) is 22.6 Å². The number of esters is 1. The molecule has 0 saturated heterocycles. The van der Waals surface area contributed by atoms with E-state index in [1.54, 1.807) is 33.9 Å². The molecule has 0 bridgehead atoms. The molecule has 1 aliphatic rings. The largest absolute Gasteiger partial charge is 0.496 e. The van der Waals surface area contributed by atoms with Crippen molar-refractivity contribution < 1.29 is 19.1 Å². The average Bonchev–Trinajstić information content (AvgIpc) is 2.45. The van der Waals surface area contributed by atoms with Gasteiger partial charge in [-0.1, -0.05) is 18.2 Å². The van der Waals surface area contributed by atoms with E-state index in [9.17, 15) is 9.59 Å². The van der Waals surface area contributed by atoms with Gasteiger partial charge in [0, 0.05) is 11.3 Å². The van der Waals surface area contributed by atoms with Gasteiger partial charge < -0.3 is 20.1 Å². The average molecular weight is 304 g/mol. The van der Waals surface area contributed by atoms with Crippen LogP contribution < -0.4 is 15.4 Å². The summed E-state index contributed by atoms with van der Waals surface area (Å²) in [7, 11) is 1.55. The van der Waals surface area contributed by atoms with Crippen molar-refractivity contribution in [1.82, 2.24) is 10.6 Å². The topological polar surface area (TPSA) is 76.7 Å². The normalized spacial score (nSPS) is 17.9. The van der Waals surface area contributed by atoms with E-state index in [1.165, 1.54) is 0 Å². The van der Waals surface area contributed by atoms with Crippen molar-refractivity contribution in [3.05, 3.63) is 41.1 Å². The number of nitrogens with one attached hydrogen (secondary N) is 2. The predicted molar refractivity (Wildman–Crippen MR) is 81.3 cm³/mol. The van der Waals surface area contributed by atoms with Crippen molar-refractivity contribution in [2.45, 2.75) is 32.9 Å². The fourth-order valence-corrected chi connectivity index (χ4v) is 2.38. The second-order valence-electron chi connectivity index (χ2n) is 5.27. The number of allylic oxidation sites excluding steroid dienone is 1. The van der Waals surface area contributed by atoms with Crippen LogP contribution in [0.5, 0.6) is 5.75 Å². The third kappa shape index (κ3) is 3.21. The molecule has 0 spiro atoms. The van der Waals surface area contributed by atoms with E-state index in [-0.39, 0.29) is 12.1 Å². The van der Waals surface area contributed by atoms with Crippen molar-refractivity contribution in [3.8, 4) is 5.75 Å². The summed E-state index contributed by atoms with van der Waals surface area (Å²) in [6.07, 6.45) is -0.247. The van der Waals surface area contributed by atoms with E-state index in [1.807, 2.05) is 18.2 Å². The number of hydrogen-bond acceptors (Lipinski definition) is 4. The van der Waals surface area contributed by atoms with Crippen molar-refractivity contribution >= 4 is 12.0 Å². The van der Waals surface area contributed by atoms with Gasteiger partial charge in [-0.15, -0.1) is 0 Å². The first-order valence-corrected chi connectivity index (χ1v) is 7.06. The highest BCUT2D eigenvalue weighted by molar-refractivity contribution is 5.95. The number of benzene rings is 1. The van der Waals surface area contributed by atoms with Crippen LogP contribution >= 0.6 is 0 Å². The van der Waals surface area contributed by atoms with Crippen LogP contribution in [0.2, 0.25) is 0 Å². The second-order valence-corrected chi connectivity index (χ2v) is 5.27. The summed E-state index contributed by atoms with van der Waals surface area (Å²) in [6.45, 7) is 5.24. The highest BCUT2D eigenvalue weighted by atomic mass is 16.5. The summed E-state index contributed by atoms with van der Waals surface area (Å²) in [5.74, 6) is 0.133. The number of methoxy groups -OCH3 is 1. The van der Waals surface area contributed by atoms with Crippen molar-refractivity contribution in [2.75, 3.05) is 7.11 Å². The number of urea groups is 1. The highest BCUT2D eigenvalue weighted by Gasteiger charge is 2.34. The number of amides is 2. The number of para-hydroxylation sites is 1. The lowest BCUT2D eigenvalue weighted by molar-refractivity contribution is -0.143. The van der Waals surface area contributed by atoms with Crippen molar-refractivity contribution in [1.29, 1.82) is 0 Å². The molecule has 1 heterocycles. The summed E-state index contributed by atoms with van der Waals surface area (Å²) < 4.78 is 10.6. The Bertz CT molecular complexity index is 622. The molecule has 0 aliphatic carbocycles. The second kappa shape index (κ2) is 6.51. The Morgan fingerprint density at radius 2 is 1.95 bits per heavy atom. The lowest BCUT2D eigenvalue weighted by Gasteiger charge is -2.29. The molecule has 2 amide bonds. The van der Waals surface area contributed by atoms with Crippen molar-refractivity contribution in [2.24, 2.45) is 0 Å². The number of ether oxygens (including phenoxy) is 2. The van der Waals surface area contributed by atoms with Crippen LogP contribution in [0.1, 0.15) is 32.4 Å². The van der Waals surface area contributed by atoms with Gasteiger partial charge in [0.25, 0.3) is 0 Å². The molecular weight excluding hydrogens is 284 g/mol. The molecule has 1 aliphatic heterocycles. The van der Waals surface area contributed by atoms with Crippen LogP contribution in [0.15, 0.2) is 35.5 Å². The number of rotatable bonds is 4. The molecule has 2 N–H and O–H groups in total.